The van der Waals surface area contributed by atoms with Crippen molar-refractivity contribution in [2.45, 2.75) is 31.9 Å². The number of aryl methyl sites for hydroxylation is 1. The van der Waals surface area contributed by atoms with Crippen LogP contribution in [0.25, 0.3) is 33.4 Å². The largest absolute Gasteiger partial charge is 0.493 e. The second-order valence-electron chi connectivity index (χ2n) is 12.2. The Morgan fingerprint density at radius 3 is 2.18 bits per heavy atom. The summed E-state index contributed by atoms with van der Waals surface area (Å²) in [5, 5.41) is 2.92. The Bertz CT molecular complexity index is 2020. The van der Waals surface area contributed by atoms with Crippen molar-refractivity contribution in [1.29, 1.82) is 0 Å². The smallest absolute Gasteiger partial charge is 0.261 e. The van der Waals surface area contributed by atoms with E-state index in [1.54, 1.807) is 45.9 Å². The molecule has 0 unspecified atom stereocenters. The Hall–Kier alpha value is -5.45. The molecular weight excluding hydrogens is 620 g/mol. The highest BCUT2D eigenvalue weighted by Crippen LogP contribution is 2.35. The molecule has 10 nitrogen and oxygen atoms in total. The topological polar surface area (TPSA) is 127 Å². The lowest BCUT2D eigenvalue weighted by atomic mass is 9.93. The summed E-state index contributed by atoms with van der Waals surface area (Å²) in [4.78, 5) is 32.0. The summed E-state index contributed by atoms with van der Waals surface area (Å²) in [6.45, 7) is 3.64. The predicted octanol–water partition coefficient (Wildman–Crippen LogP) is 6.60. The summed E-state index contributed by atoms with van der Waals surface area (Å²) in [5.74, 6) is 1.10. The Balaban J connectivity index is 1.28. The molecule has 10 heteroatoms. The maximum atomic E-state index is 13.8. The molecule has 0 saturated carbocycles. The van der Waals surface area contributed by atoms with Crippen LogP contribution in [-0.4, -0.2) is 55.6 Å². The predicted molar refractivity (Wildman–Crippen MR) is 191 cm³/mol. The number of anilines is 2. The zero-order valence-electron chi connectivity index (χ0n) is 28.1. The first-order valence-corrected chi connectivity index (χ1v) is 16.1. The van der Waals surface area contributed by atoms with E-state index in [4.69, 9.17) is 24.7 Å². The second-order valence-corrected chi connectivity index (χ2v) is 12.2. The van der Waals surface area contributed by atoms with Gasteiger partial charge in [-0.2, -0.15) is 0 Å². The van der Waals surface area contributed by atoms with Crippen molar-refractivity contribution in [3.05, 3.63) is 113 Å². The zero-order chi connectivity index (χ0) is 34.5. The number of aromatic nitrogens is 2. The third-order valence-electron chi connectivity index (χ3n) is 9.08. The fraction of sp³-hybridized carbons (Fsp3) is 0.256. The van der Waals surface area contributed by atoms with Crippen LogP contribution in [0.2, 0.25) is 0 Å². The molecule has 1 aliphatic rings. The first kappa shape index (κ1) is 33.5. The molecule has 252 valence electrons. The number of amides is 1. The van der Waals surface area contributed by atoms with Gasteiger partial charge in [0.2, 0.25) is 5.43 Å². The van der Waals surface area contributed by atoms with Gasteiger partial charge in [-0.3, -0.25) is 9.59 Å². The van der Waals surface area contributed by atoms with Crippen molar-refractivity contribution in [2.24, 2.45) is 0 Å². The molecule has 1 fully saturated rings. The maximum Gasteiger partial charge on any atom is 0.261 e. The number of benzene rings is 3. The molecule has 0 radical (unpaired) electrons. The van der Waals surface area contributed by atoms with Crippen LogP contribution in [0.4, 0.5) is 11.5 Å². The number of ether oxygens (including phenoxy) is 4. The SMILES string of the molecule is COc1ccc(-c2cnc(N)c(-c3ccc(NC(=O)c4cn(CC5(OC)CCOCC5)cc(-c5ccc(C)cc5)c4=O)cc3)c2)cc1OC. The lowest BCUT2D eigenvalue weighted by Crippen LogP contribution is -2.42. The van der Waals surface area contributed by atoms with Gasteiger partial charge in [0.15, 0.2) is 11.5 Å². The van der Waals surface area contributed by atoms with Gasteiger partial charge in [0.05, 0.1) is 26.4 Å². The number of nitrogens with zero attached hydrogens (tertiary/aromatic N) is 2. The van der Waals surface area contributed by atoms with Gasteiger partial charge in [0, 0.05) is 74.1 Å². The van der Waals surface area contributed by atoms with Gasteiger partial charge >= 0.3 is 0 Å². The molecular formula is C39H40N4O6. The van der Waals surface area contributed by atoms with Gasteiger partial charge in [-0.15, -0.1) is 0 Å². The standard InChI is InChI=1S/C39H40N4O6/c1-25-5-7-27(8-6-25)32-22-43(24-39(48-4)15-17-49-18-16-39)23-33(36(32)44)38(45)42-30-12-9-26(10-13-30)31-19-29(21-41-37(31)40)28-11-14-34(46-2)35(20-28)47-3/h5-14,19-23H,15-18,24H2,1-4H3,(H2,40,41)(H,42,45). The number of hydrogen-bond donors (Lipinski definition) is 2. The molecule has 2 aromatic heterocycles. The van der Waals surface area contributed by atoms with E-state index in [0.717, 1.165) is 33.4 Å². The number of nitrogen functional groups attached to an aromatic ring is 1. The minimum absolute atomic E-state index is 0.0385. The average Bonchev–Trinajstić information content (AvgIpc) is 3.13. The van der Waals surface area contributed by atoms with Crippen LogP contribution in [0, 0.1) is 6.92 Å². The lowest BCUT2D eigenvalue weighted by Gasteiger charge is -2.36. The summed E-state index contributed by atoms with van der Waals surface area (Å²) >= 11 is 0. The number of nitrogens with two attached hydrogens (primary N) is 1. The first-order valence-electron chi connectivity index (χ1n) is 16.1. The van der Waals surface area contributed by atoms with Gasteiger partial charge in [-0.1, -0.05) is 48.0 Å². The number of pyridine rings is 2. The molecule has 5 aromatic rings. The van der Waals surface area contributed by atoms with E-state index in [9.17, 15) is 9.59 Å². The van der Waals surface area contributed by atoms with Crippen molar-refractivity contribution >= 4 is 17.4 Å². The normalized spacial score (nSPS) is 13.9. The monoisotopic (exact) mass is 660 g/mol. The second kappa shape index (κ2) is 14.3. The summed E-state index contributed by atoms with van der Waals surface area (Å²) < 4.78 is 24.3. The van der Waals surface area contributed by atoms with E-state index in [2.05, 4.69) is 10.3 Å². The van der Waals surface area contributed by atoms with Crippen molar-refractivity contribution < 1.29 is 23.7 Å². The molecule has 1 amide bonds. The van der Waals surface area contributed by atoms with Gasteiger partial charge < -0.3 is 34.6 Å². The van der Waals surface area contributed by atoms with Gasteiger partial charge in [0.25, 0.3) is 5.91 Å². The number of carbonyl (C=O) groups is 1. The summed E-state index contributed by atoms with van der Waals surface area (Å²) in [7, 11) is 4.88. The third kappa shape index (κ3) is 7.20. The summed E-state index contributed by atoms with van der Waals surface area (Å²) in [6.07, 6.45) is 6.55. The Kier molecular flexibility index (Phi) is 9.80. The molecule has 0 bridgehead atoms. The minimum atomic E-state index is -0.504. The van der Waals surface area contributed by atoms with Crippen LogP contribution in [-0.2, 0) is 16.0 Å². The minimum Gasteiger partial charge on any atom is -0.493 e. The quantitative estimate of drug-likeness (QED) is 0.172. The zero-order valence-corrected chi connectivity index (χ0v) is 28.1. The highest BCUT2D eigenvalue weighted by Gasteiger charge is 2.33. The van der Waals surface area contributed by atoms with Crippen molar-refractivity contribution in [3.8, 4) is 44.9 Å². The number of nitrogens with one attached hydrogen (secondary N) is 1. The van der Waals surface area contributed by atoms with E-state index in [1.165, 1.54) is 0 Å². The molecule has 0 spiro atoms. The molecule has 3 N–H and O–H groups in total. The third-order valence-corrected chi connectivity index (χ3v) is 9.08. The fourth-order valence-corrected chi connectivity index (χ4v) is 6.14. The number of rotatable bonds is 10. The lowest BCUT2D eigenvalue weighted by molar-refractivity contribution is -0.0986. The van der Waals surface area contributed by atoms with Crippen LogP contribution in [0.3, 0.4) is 0 Å². The summed E-state index contributed by atoms with van der Waals surface area (Å²) in [5.41, 5.74) is 11.6. The summed E-state index contributed by atoms with van der Waals surface area (Å²) in [6, 6.07) is 22.6. The Morgan fingerprint density at radius 1 is 0.857 bits per heavy atom. The molecule has 1 aliphatic heterocycles. The molecule has 0 aliphatic carbocycles. The van der Waals surface area contributed by atoms with Gasteiger partial charge in [-0.25, -0.2) is 4.98 Å². The molecule has 0 atom stereocenters. The maximum absolute atomic E-state index is 13.8. The highest BCUT2D eigenvalue weighted by atomic mass is 16.5. The molecule has 3 aromatic carbocycles. The van der Waals surface area contributed by atoms with Gasteiger partial charge in [-0.05, 0) is 53.9 Å². The van der Waals surface area contributed by atoms with E-state index in [1.807, 2.05) is 78.4 Å². The van der Waals surface area contributed by atoms with Crippen LogP contribution in [0.1, 0.15) is 28.8 Å². The van der Waals surface area contributed by atoms with Crippen LogP contribution >= 0.6 is 0 Å². The van der Waals surface area contributed by atoms with E-state index < -0.39 is 11.5 Å². The Labute approximate surface area is 285 Å². The van der Waals surface area contributed by atoms with Crippen LogP contribution in [0.15, 0.2) is 96.2 Å². The molecule has 49 heavy (non-hydrogen) atoms. The van der Waals surface area contributed by atoms with E-state index in [-0.39, 0.29) is 11.0 Å². The van der Waals surface area contributed by atoms with Crippen molar-refractivity contribution in [1.82, 2.24) is 9.55 Å². The fourth-order valence-electron chi connectivity index (χ4n) is 6.14. The molecule has 3 heterocycles. The van der Waals surface area contributed by atoms with E-state index >= 15 is 0 Å². The van der Waals surface area contributed by atoms with Gasteiger partial charge in [0.1, 0.15) is 11.4 Å². The highest BCUT2D eigenvalue weighted by molar-refractivity contribution is 6.04. The Morgan fingerprint density at radius 2 is 1.51 bits per heavy atom. The number of methoxy groups -OCH3 is 3. The first-order chi connectivity index (χ1) is 23.7. The van der Waals surface area contributed by atoms with Crippen LogP contribution < -0.4 is 26.0 Å². The van der Waals surface area contributed by atoms with E-state index in [0.29, 0.717) is 61.2 Å². The number of hydrogen-bond acceptors (Lipinski definition) is 8. The molecule has 6 rings (SSSR count). The van der Waals surface area contributed by atoms with Crippen molar-refractivity contribution in [3.63, 3.8) is 0 Å². The average molecular weight is 661 g/mol. The van der Waals surface area contributed by atoms with Crippen molar-refractivity contribution in [2.75, 3.05) is 45.6 Å². The molecule has 1 saturated heterocycles. The van der Waals surface area contributed by atoms with Crippen LogP contribution in [0.5, 0.6) is 11.5 Å². The number of carbonyl (C=O) groups excluding carboxylic acids is 1.